The van der Waals surface area contributed by atoms with Crippen molar-refractivity contribution in [3.8, 4) is 0 Å². The summed E-state index contributed by atoms with van der Waals surface area (Å²) in [5.41, 5.74) is 8.39. The van der Waals surface area contributed by atoms with Gasteiger partial charge in [-0.05, 0) is 24.8 Å². The molecule has 1 aliphatic rings. The van der Waals surface area contributed by atoms with E-state index in [1.165, 1.54) is 0 Å². The Morgan fingerprint density at radius 2 is 1.79 bits per heavy atom. The summed E-state index contributed by atoms with van der Waals surface area (Å²) in [5.74, 6) is -2.73. The molecule has 4 N–H and O–H groups in total. The minimum atomic E-state index is -1.16. The van der Waals surface area contributed by atoms with Gasteiger partial charge in [0.05, 0.1) is 23.2 Å². The molecule has 1 heterocycles. The number of para-hydroxylation sites is 1. The lowest BCUT2D eigenvalue weighted by atomic mass is 9.82. The van der Waals surface area contributed by atoms with E-state index in [2.05, 4.69) is 22.2 Å². The number of rotatable bonds is 9. The average Bonchev–Trinajstić information content (AvgIpc) is 2.92. The van der Waals surface area contributed by atoms with Crippen molar-refractivity contribution in [3.05, 3.63) is 78.4 Å². The molecule has 0 aromatic heterocycles. The maximum absolute atomic E-state index is 13.3. The van der Waals surface area contributed by atoms with Gasteiger partial charge >= 0.3 is 0 Å². The minimum absolute atomic E-state index is 0.142. The molecule has 3 rings (SSSR count). The van der Waals surface area contributed by atoms with Crippen molar-refractivity contribution in [2.75, 3.05) is 5.32 Å². The molecular formula is C26H30N4O3. The first-order valence-electron chi connectivity index (χ1n) is 11.1. The second-order valence-corrected chi connectivity index (χ2v) is 8.56. The summed E-state index contributed by atoms with van der Waals surface area (Å²) in [5, 5.41) is 5.62. The Kier molecular flexibility index (Phi) is 7.77. The Hall–Kier alpha value is -3.74. The lowest BCUT2D eigenvalue weighted by Gasteiger charge is -2.26. The topological polar surface area (TPSA) is 114 Å². The number of benzodiazepines with no additional fused rings is 1. The molecule has 0 aliphatic carbocycles. The number of hydrogen-bond acceptors (Lipinski definition) is 4. The first-order chi connectivity index (χ1) is 15.8. The largest absolute Gasteiger partial charge is 0.369 e. The van der Waals surface area contributed by atoms with Crippen molar-refractivity contribution in [1.82, 2.24) is 5.32 Å². The maximum atomic E-state index is 13.3. The molecule has 0 radical (unpaired) electrons. The zero-order valence-electron chi connectivity index (χ0n) is 19.0. The van der Waals surface area contributed by atoms with Gasteiger partial charge in [-0.1, -0.05) is 68.5 Å². The standard InChI is InChI=1S/C26H30N4O3/c1-4-10-18(23(27)31)20(15-16(2)3)25(32)30-24-26(33)28-21-14-9-8-13-19(21)22(29-24)17-11-6-5-7-12-17/h4-9,11-14,16,18,20,24H,1,10,15H2,2-3H3,(H2,27,31)(H,28,33)(H,30,32). The monoisotopic (exact) mass is 446 g/mol. The van der Waals surface area contributed by atoms with Crippen LogP contribution in [-0.2, 0) is 14.4 Å². The SMILES string of the molecule is C=CCC(C(N)=O)C(CC(C)C)C(=O)NC1N=C(c2ccccc2)c2ccccc2NC1=O. The van der Waals surface area contributed by atoms with Crippen LogP contribution in [0.15, 0.2) is 72.2 Å². The van der Waals surface area contributed by atoms with Crippen molar-refractivity contribution in [2.24, 2.45) is 28.5 Å². The molecule has 2 aromatic rings. The van der Waals surface area contributed by atoms with Crippen LogP contribution >= 0.6 is 0 Å². The number of carbonyl (C=O) groups is 3. The molecule has 0 bridgehead atoms. The molecule has 1 aliphatic heterocycles. The molecule has 2 aromatic carbocycles. The number of carbonyl (C=O) groups excluding carboxylic acids is 3. The van der Waals surface area contributed by atoms with Crippen molar-refractivity contribution < 1.29 is 14.4 Å². The number of nitrogens with two attached hydrogens (primary N) is 1. The van der Waals surface area contributed by atoms with Gasteiger partial charge < -0.3 is 16.4 Å². The van der Waals surface area contributed by atoms with Crippen molar-refractivity contribution >= 4 is 29.1 Å². The summed E-state index contributed by atoms with van der Waals surface area (Å²) in [6, 6.07) is 16.8. The van der Waals surface area contributed by atoms with Crippen LogP contribution in [-0.4, -0.2) is 29.6 Å². The van der Waals surface area contributed by atoms with Gasteiger partial charge in [-0.15, -0.1) is 6.58 Å². The Balaban J connectivity index is 1.98. The Bertz CT molecular complexity index is 1060. The van der Waals surface area contributed by atoms with Gasteiger partial charge in [0.25, 0.3) is 5.91 Å². The zero-order valence-corrected chi connectivity index (χ0v) is 19.0. The molecular weight excluding hydrogens is 416 g/mol. The molecule has 33 heavy (non-hydrogen) atoms. The minimum Gasteiger partial charge on any atom is -0.369 e. The number of benzene rings is 2. The predicted octanol–water partition coefficient (Wildman–Crippen LogP) is 3.26. The third-order valence-corrected chi connectivity index (χ3v) is 5.61. The summed E-state index contributed by atoms with van der Waals surface area (Å²) in [6.45, 7) is 7.62. The van der Waals surface area contributed by atoms with Gasteiger partial charge in [-0.2, -0.15) is 0 Å². The van der Waals surface area contributed by atoms with Crippen LogP contribution in [0.2, 0.25) is 0 Å². The van der Waals surface area contributed by atoms with E-state index < -0.39 is 35.7 Å². The molecule has 0 saturated carbocycles. The number of amides is 3. The summed E-state index contributed by atoms with van der Waals surface area (Å²) in [6.07, 6.45) is 1.14. The van der Waals surface area contributed by atoms with E-state index >= 15 is 0 Å². The third kappa shape index (κ3) is 5.74. The molecule has 0 saturated heterocycles. The van der Waals surface area contributed by atoms with Gasteiger partial charge in [0.1, 0.15) is 0 Å². The van der Waals surface area contributed by atoms with Crippen molar-refractivity contribution in [3.63, 3.8) is 0 Å². The number of nitrogens with one attached hydrogen (secondary N) is 2. The highest BCUT2D eigenvalue weighted by molar-refractivity contribution is 6.19. The van der Waals surface area contributed by atoms with Crippen LogP contribution in [0.4, 0.5) is 5.69 Å². The van der Waals surface area contributed by atoms with Crippen LogP contribution in [0.5, 0.6) is 0 Å². The van der Waals surface area contributed by atoms with E-state index in [1.54, 1.807) is 12.1 Å². The fraction of sp³-hybridized carbons (Fsp3) is 0.308. The number of aliphatic imine (C=N–C) groups is 1. The number of hydrogen-bond donors (Lipinski definition) is 3. The van der Waals surface area contributed by atoms with Gasteiger partial charge in [0.15, 0.2) is 0 Å². The average molecular weight is 447 g/mol. The normalized spacial score (nSPS) is 17.1. The number of nitrogens with zero attached hydrogens (tertiary/aromatic N) is 1. The molecule has 3 amide bonds. The van der Waals surface area contributed by atoms with Gasteiger partial charge in [0, 0.05) is 11.1 Å². The van der Waals surface area contributed by atoms with E-state index in [4.69, 9.17) is 5.73 Å². The van der Waals surface area contributed by atoms with Crippen LogP contribution in [0.25, 0.3) is 0 Å². The molecule has 172 valence electrons. The first kappa shape index (κ1) is 23.9. The summed E-state index contributed by atoms with van der Waals surface area (Å²) < 4.78 is 0. The molecule has 3 atom stereocenters. The number of allylic oxidation sites excluding steroid dienone is 1. The Morgan fingerprint density at radius 1 is 1.12 bits per heavy atom. The summed E-state index contributed by atoms with van der Waals surface area (Å²) >= 11 is 0. The van der Waals surface area contributed by atoms with E-state index in [9.17, 15) is 14.4 Å². The molecule has 7 nitrogen and oxygen atoms in total. The molecule has 0 spiro atoms. The van der Waals surface area contributed by atoms with Gasteiger partial charge in [0.2, 0.25) is 18.0 Å². The fourth-order valence-corrected chi connectivity index (χ4v) is 4.04. The highest BCUT2D eigenvalue weighted by Crippen LogP contribution is 2.26. The van der Waals surface area contributed by atoms with E-state index in [0.29, 0.717) is 17.8 Å². The quantitative estimate of drug-likeness (QED) is 0.514. The third-order valence-electron chi connectivity index (χ3n) is 5.61. The van der Waals surface area contributed by atoms with Crippen molar-refractivity contribution in [2.45, 2.75) is 32.9 Å². The number of anilines is 1. The van der Waals surface area contributed by atoms with Crippen LogP contribution in [0.1, 0.15) is 37.8 Å². The van der Waals surface area contributed by atoms with E-state index in [-0.39, 0.29) is 12.3 Å². The van der Waals surface area contributed by atoms with Gasteiger partial charge in [-0.3, -0.25) is 14.4 Å². The van der Waals surface area contributed by atoms with Gasteiger partial charge in [-0.25, -0.2) is 4.99 Å². The Morgan fingerprint density at radius 3 is 2.42 bits per heavy atom. The molecule has 7 heteroatoms. The highest BCUT2D eigenvalue weighted by atomic mass is 16.2. The predicted molar refractivity (Wildman–Crippen MR) is 130 cm³/mol. The lowest BCUT2D eigenvalue weighted by molar-refractivity contribution is -0.135. The number of fused-ring (bicyclic) bond motifs is 1. The summed E-state index contributed by atoms with van der Waals surface area (Å²) in [7, 11) is 0. The van der Waals surface area contributed by atoms with E-state index in [0.717, 1.165) is 11.1 Å². The van der Waals surface area contributed by atoms with Crippen molar-refractivity contribution in [1.29, 1.82) is 0 Å². The molecule has 0 fully saturated rings. The lowest BCUT2D eigenvalue weighted by Crippen LogP contribution is -2.48. The van der Waals surface area contributed by atoms with Crippen LogP contribution in [0, 0.1) is 17.8 Å². The van der Waals surface area contributed by atoms with Crippen LogP contribution < -0.4 is 16.4 Å². The fourth-order valence-electron chi connectivity index (χ4n) is 4.04. The highest BCUT2D eigenvalue weighted by Gasteiger charge is 2.35. The Labute approximate surface area is 194 Å². The smallest absolute Gasteiger partial charge is 0.269 e. The number of primary amides is 1. The zero-order chi connectivity index (χ0) is 24.0. The van der Waals surface area contributed by atoms with Crippen LogP contribution in [0.3, 0.4) is 0 Å². The van der Waals surface area contributed by atoms with E-state index in [1.807, 2.05) is 62.4 Å². The summed E-state index contributed by atoms with van der Waals surface area (Å²) in [4.78, 5) is 43.1. The molecule has 3 unspecified atom stereocenters. The second kappa shape index (κ2) is 10.7. The first-order valence-corrected chi connectivity index (χ1v) is 11.1. The maximum Gasteiger partial charge on any atom is 0.269 e. The second-order valence-electron chi connectivity index (χ2n) is 8.56.